The predicted molar refractivity (Wildman–Crippen MR) is 105 cm³/mol. The number of esters is 2. The van der Waals surface area contributed by atoms with Gasteiger partial charge in [0.1, 0.15) is 0 Å². The summed E-state index contributed by atoms with van der Waals surface area (Å²) in [6.45, 7) is 7.43. The van der Waals surface area contributed by atoms with E-state index < -0.39 is 12.2 Å². The summed E-state index contributed by atoms with van der Waals surface area (Å²) in [5.74, 6) is -0.737. The average Bonchev–Trinajstić information content (AvgIpc) is 2.63. The van der Waals surface area contributed by atoms with Gasteiger partial charge >= 0.3 is 11.9 Å². The first-order chi connectivity index (χ1) is 12.7. The molecule has 0 aromatic carbocycles. The fraction of sp³-hybridized carbons (Fsp3) is 0.727. The molecule has 0 saturated carbocycles. The third-order valence-electron chi connectivity index (χ3n) is 4.79. The number of ether oxygens (including phenoxy) is 2. The van der Waals surface area contributed by atoms with Crippen LogP contribution in [0.1, 0.15) is 89.9 Å². The number of hydrogen-bond donors (Lipinski definition) is 0. The Labute approximate surface area is 159 Å². The second kappa shape index (κ2) is 14.6. The summed E-state index contributed by atoms with van der Waals surface area (Å²) in [6.07, 6.45) is 16.6. The monoisotopic (exact) mass is 364 g/mol. The number of hydrogen-bond acceptors (Lipinski definition) is 4. The zero-order valence-electron chi connectivity index (χ0n) is 16.3. The zero-order chi connectivity index (χ0) is 19.0. The number of carbonyl (C=O) groups is 2. The lowest BCUT2D eigenvalue weighted by Crippen LogP contribution is -2.43. The van der Waals surface area contributed by atoms with Crippen LogP contribution < -0.4 is 0 Å². The number of carbonyl (C=O) groups excluding carboxylic acids is 2. The van der Waals surface area contributed by atoms with Gasteiger partial charge in [-0.15, -0.1) is 13.2 Å². The maximum Gasteiger partial charge on any atom is 0.348 e. The van der Waals surface area contributed by atoms with E-state index in [2.05, 4.69) is 13.2 Å². The number of rotatable bonds is 16. The Bertz CT molecular complexity index is 390. The Balaban J connectivity index is 2.11. The summed E-state index contributed by atoms with van der Waals surface area (Å²) in [4.78, 5) is 24.1. The van der Waals surface area contributed by atoms with Crippen molar-refractivity contribution in [1.82, 2.24) is 0 Å². The van der Waals surface area contributed by atoms with Crippen molar-refractivity contribution >= 4 is 11.9 Å². The smallest absolute Gasteiger partial charge is 0.348 e. The quantitative estimate of drug-likeness (QED) is 0.201. The van der Waals surface area contributed by atoms with Gasteiger partial charge in [0.05, 0.1) is 0 Å². The molecule has 0 spiro atoms. The normalized spacial score (nSPS) is 19.7. The molecule has 2 unspecified atom stereocenters. The van der Waals surface area contributed by atoms with Crippen molar-refractivity contribution in [3.8, 4) is 0 Å². The van der Waals surface area contributed by atoms with Gasteiger partial charge in [0.2, 0.25) is 0 Å². The molecule has 1 aliphatic rings. The van der Waals surface area contributed by atoms with E-state index in [-0.39, 0.29) is 11.9 Å². The van der Waals surface area contributed by atoms with E-state index in [4.69, 9.17) is 9.47 Å². The lowest BCUT2D eigenvalue weighted by molar-refractivity contribution is -0.196. The SMILES string of the molecule is C=CCCCCCCCC1OC(=O)C(CCCCCCCC=C)OC1=O. The van der Waals surface area contributed by atoms with E-state index in [1.54, 1.807) is 0 Å². The Morgan fingerprint density at radius 2 is 0.962 bits per heavy atom. The molecule has 0 aromatic heterocycles. The second-order valence-electron chi connectivity index (χ2n) is 7.12. The summed E-state index contributed by atoms with van der Waals surface area (Å²) < 4.78 is 10.7. The molecule has 1 aliphatic heterocycles. The summed E-state index contributed by atoms with van der Waals surface area (Å²) >= 11 is 0. The minimum atomic E-state index is -0.703. The number of cyclic esters (lactones) is 2. The lowest BCUT2D eigenvalue weighted by atomic mass is 10.0. The van der Waals surface area contributed by atoms with Crippen LogP contribution in [0.25, 0.3) is 0 Å². The largest absolute Gasteiger partial charge is 0.448 e. The fourth-order valence-corrected chi connectivity index (χ4v) is 3.18. The van der Waals surface area contributed by atoms with E-state index in [0.29, 0.717) is 12.8 Å². The Hall–Kier alpha value is -1.58. The first-order valence-corrected chi connectivity index (χ1v) is 10.3. The van der Waals surface area contributed by atoms with Crippen LogP contribution in [0.2, 0.25) is 0 Å². The molecular formula is C22H36O4. The molecule has 1 heterocycles. The molecule has 0 amide bonds. The molecule has 0 N–H and O–H groups in total. The molecule has 148 valence electrons. The highest BCUT2D eigenvalue weighted by atomic mass is 16.6. The van der Waals surface area contributed by atoms with Gasteiger partial charge in [-0.2, -0.15) is 0 Å². The lowest BCUT2D eigenvalue weighted by Gasteiger charge is -2.27. The Morgan fingerprint density at radius 3 is 1.35 bits per heavy atom. The van der Waals surface area contributed by atoms with E-state index >= 15 is 0 Å². The van der Waals surface area contributed by atoms with Crippen LogP contribution in [0, 0.1) is 0 Å². The molecule has 0 radical (unpaired) electrons. The molecule has 26 heavy (non-hydrogen) atoms. The highest BCUT2D eigenvalue weighted by Crippen LogP contribution is 2.20. The summed E-state index contributed by atoms with van der Waals surface area (Å²) in [5, 5.41) is 0. The topological polar surface area (TPSA) is 52.6 Å². The molecule has 1 fully saturated rings. The Morgan fingerprint density at radius 1 is 0.615 bits per heavy atom. The molecule has 4 nitrogen and oxygen atoms in total. The van der Waals surface area contributed by atoms with Crippen LogP contribution in [-0.2, 0) is 19.1 Å². The van der Waals surface area contributed by atoms with Gasteiger partial charge in [-0.05, 0) is 51.4 Å². The van der Waals surface area contributed by atoms with E-state index in [0.717, 1.165) is 51.4 Å². The van der Waals surface area contributed by atoms with Crippen molar-refractivity contribution in [3.63, 3.8) is 0 Å². The van der Waals surface area contributed by atoms with Crippen LogP contribution in [0.5, 0.6) is 0 Å². The minimum absolute atomic E-state index is 0.368. The van der Waals surface area contributed by atoms with Crippen molar-refractivity contribution in [2.75, 3.05) is 0 Å². The summed E-state index contributed by atoms with van der Waals surface area (Å²) in [7, 11) is 0. The van der Waals surface area contributed by atoms with Crippen molar-refractivity contribution in [2.45, 2.75) is 102 Å². The van der Waals surface area contributed by atoms with Crippen LogP contribution in [0.15, 0.2) is 25.3 Å². The highest BCUT2D eigenvalue weighted by molar-refractivity contribution is 5.87. The van der Waals surface area contributed by atoms with Crippen molar-refractivity contribution in [1.29, 1.82) is 0 Å². The molecule has 2 atom stereocenters. The van der Waals surface area contributed by atoms with Crippen molar-refractivity contribution in [2.24, 2.45) is 0 Å². The molecule has 4 heteroatoms. The van der Waals surface area contributed by atoms with Gasteiger partial charge in [-0.1, -0.05) is 50.7 Å². The van der Waals surface area contributed by atoms with Gasteiger partial charge < -0.3 is 9.47 Å². The molecule has 1 rings (SSSR count). The van der Waals surface area contributed by atoms with Gasteiger partial charge in [0.15, 0.2) is 12.2 Å². The average molecular weight is 365 g/mol. The first kappa shape index (κ1) is 22.5. The van der Waals surface area contributed by atoms with Gasteiger partial charge in [-0.25, -0.2) is 9.59 Å². The summed E-state index contributed by atoms with van der Waals surface area (Å²) in [6, 6.07) is 0. The molecule has 1 saturated heterocycles. The van der Waals surface area contributed by atoms with E-state index in [1.165, 1.54) is 25.7 Å². The van der Waals surface area contributed by atoms with Crippen LogP contribution in [0.3, 0.4) is 0 Å². The molecular weight excluding hydrogens is 328 g/mol. The van der Waals surface area contributed by atoms with Crippen LogP contribution >= 0.6 is 0 Å². The standard InChI is InChI=1S/C22H36O4/c1-3-5-7-9-11-13-15-17-19-21(23)26-20(22(24)25-19)18-16-14-12-10-8-6-4-2/h3-4,19-20H,1-2,5-18H2. The first-order valence-electron chi connectivity index (χ1n) is 10.3. The maximum absolute atomic E-state index is 12.0. The molecule has 0 bridgehead atoms. The van der Waals surface area contributed by atoms with Crippen LogP contribution in [0.4, 0.5) is 0 Å². The van der Waals surface area contributed by atoms with Crippen molar-refractivity contribution < 1.29 is 19.1 Å². The summed E-state index contributed by atoms with van der Waals surface area (Å²) in [5.41, 5.74) is 0. The van der Waals surface area contributed by atoms with Gasteiger partial charge in [-0.3, -0.25) is 0 Å². The number of allylic oxidation sites excluding steroid dienone is 2. The van der Waals surface area contributed by atoms with Gasteiger partial charge in [0, 0.05) is 0 Å². The molecule has 0 aromatic rings. The van der Waals surface area contributed by atoms with Gasteiger partial charge in [0.25, 0.3) is 0 Å². The number of unbranched alkanes of at least 4 members (excludes halogenated alkanes) is 10. The van der Waals surface area contributed by atoms with E-state index in [9.17, 15) is 9.59 Å². The van der Waals surface area contributed by atoms with E-state index in [1.807, 2.05) is 12.2 Å². The minimum Gasteiger partial charge on any atom is -0.448 e. The Kier molecular flexibility index (Phi) is 12.6. The fourth-order valence-electron chi connectivity index (χ4n) is 3.18. The third kappa shape index (κ3) is 9.79. The maximum atomic E-state index is 12.0. The third-order valence-corrected chi connectivity index (χ3v) is 4.79. The van der Waals surface area contributed by atoms with Crippen LogP contribution in [-0.4, -0.2) is 24.1 Å². The highest BCUT2D eigenvalue weighted by Gasteiger charge is 2.37. The zero-order valence-corrected chi connectivity index (χ0v) is 16.3. The predicted octanol–water partition coefficient (Wildman–Crippen LogP) is 5.66. The molecule has 0 aliphatic carbocycles. The van der Waals surface area contributed by atoms with Crippen molar-refractivity contribution in [3.05, 3.63) is 25.3 Å². The second-order valence-corrected chi connectivity index (χ2v) is 7.12.